The zero-order chi connectivity index (χ0) is 13.0. The van der Waals surface area contributed by atoms with Crippen molar-refractivity contribution in [3.63, 3.8) is 0 Å². The topological polar surface area (TPSA) is 113 Å². The van der Waals surface area contributed by atoms with Crippen LogP contribution in [-0.4, -0.2) is 59.3 Å². The maximum absolute atomic E-state index is 10.6. The van der Waals surface area contributed by atoms with E-state index in [2.05, 4.69) is 9.47 Å². The van der Waals surface area contributed by atoms with Gasteiger partial charge in [-0.2, -0.15) is 0 Å². The van der Waals surface area contributed by atoms with Gasteiger partial charge in [-0.1, -0.05) is 0 Å². The second-order valence-corrected chi connectivity index (χ2v) is 2.75. The van der Waals surface area contributed by atoms with Crippen LogP contribution in [0.5, 0.6) is 0 Å². The van der Waals surface area contributed by atoms with E-state index in [1.54, 1.807) is 0 Å². The summed E-state index contributed by atoms with van der Waals surface area (Å²) < 4.78 is 8.72. The van der Waals surface area contributed by atoms with E-state index >= 15 is 0 Å². The van der Waals surface area contributed by atoms with Crippen LogP contribution < -0.4 is 0 Å². The van der Waals surface area contributed by atoms with E-state index < -0.39 is 19.3 Å². The lowest BCUT2D eigenvalue weighted by atomic mass is 10.3. The lowest BCUT2D eigenvalue weighted by Gasteiger charge is -2.01. The van der Waals surface area contributed by atoms with Crippen molar-refractivity contribution in [3.8, 4) is 0 Å². The molecule has 0 bridgehead atoms. The largest absolute Gasteiger partial charge is 0.631 e. The van der Waals surface area contributed by atoms with Crippen LogP contribution in [0.25, 0.3) is 0 Å². The smallest absolute Gasteiger partial charge is 0.456 e. The van der Waals surface area contributed by atoms with E-state index in [9.17, 15) is 9.59 Å². The number of hydrogen-bond donors (Lipinski definition) is 3. The van der Waals surface area contributed by atoms with Crippen LogP contribution in [0.3, 0.4) is 0 Å². The first-order valence-corrected chi connectivity index (χ1v) is 5.02. The third-order valence-corrected chi connectivity index (χ3v) is 1.10. The van der Waals surface area contributed by atoms with Gasteiger partial charge in [0.05, 0.1) is 11.8 Å². The molecule has 16 heavy (non-hydrogen) atoms. The zero-order valence-electron chi connectivity index (χ0n) is 8.14. The van der Waals surface area contributed by atoms with Crippen molar-refractivity contribution >= 4 is 42.5 Å². The normalized spacial score (nSPS) is 8.56. The molecule has 0 radical (unpaired) electrons. The van der Waals surface area contributed by atoms with Gasteiger partial charge in [-0.15, -0.1) is 23.2 Å². The highest BCUT2D eigenvalue weighted by molar-refractivity contribution is 6.30. The Bertz CT molecular complexity index is 181. The third-order valence-electron chi connectivity index (χ3n) is 0.787. The molecule has 0 aromatic carbocycles. The van der Waals surface area contributed by atoms with Crippen molar-refractivity contribution < 1.29 is 34.1 Å². The molecule has 0 aliphatic heterocycles. The lowest BCUT2D eigenvalue weighted by Crippen LogP contribution is -2.21. The highest BCUT2D eigenvalue weighted by Gasteiger charge is 2.15. The van der Waals surface area contributed by atoms with Gasteiger partial charge in [0, 0.05) is 0 Å². The monoisotopic (exact) mass is 276 g/mol. The molecule has 0 aliphatic rings. The molecule has 0 fully saturated rings. The van der Waals surface area contributed by atoms with Crippen LogP contribution in [0, 0.1) is 0 Å². The van der Waals surface area contributed by atoms with Crippen molar-refractivity contribution in [3.05, 3.63) is 0 Å². The van der Waals surface area contributed by atoms with Crippen LogP contribution in [0.2, 0.25) is 0 Å². The fourth-order valence-electron chi connectivity index (χ4n) is 0.380. The van der Waals surface area contributed by atoms with Crippen LogP contribution in [0.15, 0.2) is 0 Å². The molecule has 0 atom stereocenters. The average molecular weight is 277 g/mol. The van der Waals surface area contributed by atoms with E-state index in [0.29, 0.717) is 0 Å². The fourth-order valence-corrected chi connectivity index (χ4v) is 0.535. The second kappa shape index (κ2) is 12.5. The SMILES string of the molecule is O=C(OCCCl)C(=O)OCCCl.OB(O)O. The van der Waals surface area contributed by atoms with Crippen LogP contribution >= 0.6 is 23.2 Å². The summed E-state index contributed by atoms with van der Waals surface area (Å²) in [4.78, 5) is 21.2. The van der Waals surface area contributed by atoms with Crippen molar-refractivity contribution in [1.82, 2.24) is 0 Å². The van der Waals surface area contributed by atoms with Gasteiger partial charge in [0.15, 0.2) is 0 Å². The first kappa shape index (κ1) is 17.8. The third kappa shape index (κ3) is 15.9. The standard InChI is InChI=1S/C6H8Cl2O4.BH3O3/c7-1-3-11-5(9)6(10)12-4-2-8;2-1(3)4/h1-4H2;2-4H. The molecule has 7 nitrogen and oxygen atoms in total. The molecule has 0 aliphatic carbocycles. The van der Waals surface area contributed by atoms with Gasteiger partial charge in [0.25, 0.3) is 0 Å². The Hall–Kier alpha value is -0.535. The Morgan fingerprint density at radius 3 is 1.38 bits per heavy atom. The molecule has 0 saturated heterocycles. The summed E-state index contributed by atoms with van der Waals surface area (Å²) in [7, 11) is -2.17. The molecule has 0 heterocycles. The predicted molar refractivity (Wildman–Crippen MR) is 55.8 cm³/mol. The molecular weight excluding hydrogens is 266 g/mol. The number of hydrogen-bond acceptors (Lipinski definition) is 7. The molecule has 94 valence electrons. The van der Waals surface area contributed by atoms with E-state index in [-0.39, 0.29) is 25.0 Å². The highest BCUT2D eigenvalue weighted by atomic mass is 35.5. The van der Waals surface area contributed by atoms with Gasteiger partial charge in [-0.05, 0) is 0 Å². The fraction of sp³-hybridized carbons (Fsp3) is 0.667. The van der Waals surface area contributed by atoms with Crippen LogP contribution in [-0.2, 0) is 19.1 Å². The molecular formula is C6H11BCl2O7. The molecule has 3 N–H and O–H groups in total. The van der Waals surface area contributed by atoms with Crippen LogP contribution in [0.4, 0.5) is 0 Å². The lowest BCUT2D eigenvalue weighted by molar-refractivity contribution is -0.166. The molecule has 0 unspecified atom stereocenters. The van der Waals surface area contributed by atoms with Gasteiger partial charge in [-0.3, -0.25) is 0 Å². The molecule has 0 spiro atoms. The number of carbonyl (C=O) groups excluding carboxylic acids is 2. The van der Waals surface area contributed by atoms with Gasteiger partial charge < -0.3 is 24.5 Å². The van der Waals surface area contributed by atoms with Crippen molar-refractivity contribution in [1.29, 1.82) is 0 Å². The van der Waals surface area contributed by atoms with Gasteiger partial charge in [-0.25, -0.2) is 9.59 Å². The quantitative estimate of drug-likeness (QED) is 0.248. The zero-order valence-corrected chi connectivity index (χ0v) is 9.65. The van der Waals surface area contributed by atoms with E-state index in [4.69, 9.17) is 38.3 Å². The van der Waals surface area contributed by atoms with Gasteiger partial charge in [0.1, 0.15) is 13.2 Å². The number of halogens is 2. The minimum absolute atomic E-state index is 0.00361. The second-order valence-electron chi connectivity index (χ2n) is 2.00. The molecule has 10 heteroatoms. The summed E-state index contributed by atoms with van der Waals surface area (Å²) in [6.45, 7) is -0.00721. The summed E-state index contributed by atoms with van der Waals surface area (Å²) in [6.07, 6.45) is 0. The van der Waals surface area contributed by atoms with Crippen LogP contribution in [0.1, 0.15) is 0 Å². The number of rotatable bonds is 4. The van der Waals surface area contributed by atoms with Crippen molar-refractivity contribution in [2.75, 3.05) is 25.0 Å². The highest BCUT2D eigenvalue weighted by Crippen LogP contribution is 1.87. The maximum atomic E-state index is 10.6. The predicted octanol–water partition coefficient (Wildman–Crippen LogP) is -1.50. The Morgan fingerprint density at radius 1 is 0.938 bits per heavy atom. The van der Waals surface area contributed by atoms with E-state index in [1.165, 1.54) is 0 Å². The van der Waals surface area contributed by atoms with Crippen molar-refractivity contribution in [2.45, 2.75) is 0 Å². The summed E-state index contributed by atoms with van der Waals surface area (Å²) >= 11 is 10.4. The first-order chi connectivity index (χ1) is 7.45. The molecule has 0 rings (SSSR count). The number of carbonyl (C=O) groups is 2. The summed E-state index contributed by atoms with van der Waals surface area (Å²) in [6, 6.07) is 0. The minimum Gasteiger partial charge on any atom is -0.456 e. The Kier molecular flexibility index (Phi) is 14.0. The number of esters is 2. The summed E-state index contributed by atoms with van der Waals surface area (Å²) in [5, 5.41) is 21.5. The molecule has 0 amide bonds. The Labute approximate surface area is 102 Å². The van der Waals surface area contributed by atoms with Gasteiger partial charge >= 0.3 is 19.3 Å². The number of alkyl halides is 2. The average Bonchev–Trinajstić information content (AvgIpc) is 2.21. The molecule has 0 aromatic heterocycles. The minimum atomic E-state index is -2.17. The number of ether oxygens (including phenoxy) is 2. The Morgan fingerprint density at radius 2 is 1.19 bits per heavy atom. The summed E-state index contributed by atoms with van der Waals surface area (Å²) in [5.74, 6) is -1.79. The molecule has 0 saturated carbocycles. The van der Waals surface area contributed by atoms with Gasteiger partial charge in [0.2, 0.25) is 0 Å². The first-order valence-electron chi connectivity index (χ1n) is 3.95. The molecule has 0 aromatic rings. The Balaban J connectivity index is 0. The maximum Gasteiger partial charge on any atom is 0.631 e. The van der Waals surface area contributed by atoms with Crippen molar-refractivity contribution in [2.24, 2.45) is 0 Å². The summed E-state index contributed by atoms with van der Waals surface area (Å²) in [5.41, 5.74) is 0. The van der Waals surface area contributed by atoms with E-state index in [0.717, 1.165) is 0 Å². The van der Waals surface area contributed by atoms with E-state index in [1.807, 2.05) is 0 Å².